The zero-order valence-electron chi connectivity index (χ0n) is 12.7. The minimum absolute atomic E-state index is 0.281. The van der Waals surface area contributed by atoms with Crippen LogP contribution in [0.25, 0.3) is 11.6 Å². The quantitative estimate of drug-likeness (QED) is 0.633. The van der Waals surface area contributed by atoms with Crippen LogP contribution in [0.3, 0.4) is 0 Å². The summed E-state index contributed by atoms with van der Waals surface area (Å²) in [5, 5.41) is 16.3. The Balaban J connectivity index is 1.28. The van der Waals surface area contributed by atoms with Gasteiger partial charge in [-0.1, -0.05) is 28.3 Å². The summed E-state index contributed by atoms with van der Waals surface area (Å²) in [6.45, 7) is 1.63. The summed E-state index contributed by atoms with van der Waals surface area (Å²) in [6, 6.07) is 3.57. The molecular formula is C14H15N5O3S2. The predicted molar refractivity (Wildman–Crippen MR) is 88.9 cm³/mol. The van der Waals surface area contributed by atoms with Crippen LogP contribution in [-0.2, 0) is 10.5 Å². The Hall–Kier alpha value is -1.91. The molecule has 0 aliphatic carbocycles. The van der Waals surface area contributed by atoms with E-state index in [0.717, 1.165) is 35.5 Å². The van der Waals surface area contributed by atoms with Crippen molar-refractivity contribution < 1.29 is 13.7 Å². The predicted octanol–water partition coefficient (Wildman–Crippen LogP) is 3.06. The van der Waals surface area contributed by atoms with Gasteiger partial charge in [0.15, 0.2) is 10.1 Å². The molecule has 1 fully saturated rings. The van der Waals surface area contributed by atoms with Gasteiger partial charge in [-0.15, -0.1) is 10.2 Å². The lowest BCUT2D eigenvalue weighted by molar-refractivity contribution is 0.120. The van der Waals surface area contributed by atoms with E-state index in [9.17, 15) is 0 Å². The number of thioether (sulfide) groups is 1. The maximum absolute atomic E-state index is 5.57. The van der Waals surface area contributed by atoms with Gasteiger partial charge in [-0.2, -0.15) is 4.98 Å². The van der Waals surface area contributed by atoms with Crippen molar-refractivity contribution in [2.24, 2.45) is 0 Å². The first-order chi connectivity index (χ1) is 11.9. The molecule has 3 aromatic heterocycles. The molecule has 24 heavy (non-hydrogen) atoms. The van der Waals surface area contributed by atoms with Crippen LogP contribution < -0.4 is 5.32 Å². The SMILES string of the molecule is c1coc(-c2noc(CSc3nnc(NCC4CCCO4)s3)n2)c1. The fraction of sp³-hybridized carbons (Fsp3) is 0.429. The summed E-state index contributed by atoms with van der Waals surface area (Å²) < 4.78 is 16.9. The number of anilines is 1. The minimum atomic E-state index is 0.281. The number of furan rings is 1. The molecule has 0 aromatic carbocycles. The molecule has 0 bridgehead atoms. The van der Waals surface area contributed by atoms with Gasteiger partial charge in [-0.05, 0) is 25.0 Å². The van der Waals surface area contributed by atoms with E-state index < -0.39 is 0 Å². The largest absolute Gasteiger partial charge is 0.461 e. The normalized spacial score (nSPS) is 17.4. The number of hydrogen-bond donors (Lipinski definition) is 1. The summed E-state index contributed by atoms with van der Waals surface area (Å²) in [4.78, 5) is 4.30. The van der Waals surface area contributed by atoms with Crippen LogP contribution in [0.5, 0.6) is 0 Å². The zero-order chi connectivity index (χ0) is 16.2. The molecule has 1 N–H and O–H groups in total. The number of aromatic nitrogens is 4. The Morgan fingerprint density at radius 2 is 2.38 bits per heavy atom. The molecule has 1 aliphatic rings. The first kappa shape index (κ1) is 15.6. The Labute approximate surface area is 146 Å². The van der Waals surface area contributed by atoms with E-state index in [0.29, 0.717) is 23.2 Å². The van der Waals surface area contributed by atoms with Crippen LogP contribution in [-0.4, -0.2) is 39.6 Å². The first-order valence-electron chi connectivity index (χ1n) is 7.55. The average Bonchev–Trinajstić information content (AvgIpc) is 3.40. The molecule has 8 nitrogen and oxygen atoms in total. The van der Waals surface area contributed by atoms with Gasteiger partial charge >= 0.3 is 0 Å². The average molecular weight is 365 g/mol. The van der Waals surface area contributed by atoms with Crippen LogP contribution in [0.4, 0.5) is 5.13 Å². The van der Waals surface area contributed by atoms with Crippen molar-refractivity contribution in [3.63, 3.8) is 0 Å². The van der Waals surface area contributed by atoms with E-state index >= 15 is 0 Å². The highest BCUT2D eigenvalue weighted by molar-refractivity contribution is 8.00. The highest BCUT2D eigenvalue weighted by Crippen LogP contribution is 2.28. The molecular weight excluding hydrogens is 350 g/mol. The summed E-state index contributed by atoms with van der Waals surface area (Å²) in [5.74, 6) is 2.10. The molecule has 1 saturated heterocycles. The van der Waals surface area contributed by atoms with Gasteiger partial charge in [0, 0.05) is 13.2 Å². The van der Waals surface area contributed by atoms with Crippen molar-refractivity contribution in [2.45, 2.75) is 29.0 Å². The molecule has 0 radical (unpaired) electrons. The second kappa shape index (κ2) is 7.32. The smallest absolute Gasteiger partial charge is 0.238 e. The Morgan fingerprint density at radius 1 is 1.38 bits per heavy atom. The molecule has 3 aromatic rings. The Bertz CT molecular complexity index is 767. The van der Waals surface area contributed by atoms with E-state index in [4.69, 9.17) is 13.7 Å². The second-order valence-electron chi connectivity index (χ2n) is 5.17. The minimum Gasteiger partial charge on any atom is -0.461 e. The van der Waals surface area contributed by atoms with E-state index in [-0.39, 0.29) is 6.10 Å². The molecule has 4 heterocycles. The molecule has 1 atom stereocenters. The molecule has 1 unspecified atom stereocenters. The number of rotatable bonds is 7. The molecule has 0 amide bonds. The fourth-order valence-electron chi connectivity index (χ4n) is 2.29. The maximum atomic E-state index is 5.57. The summed E-state index contributed by atoms with van der Waals surface area (Å²) in [7, 11) is 0. The van der Waals surface area contributed by atoms with Crippen molar-refractivity contribution in [3.8, 4) is 11.6 Å². The summed E-state index contributed by atoms with van der Waals surface area (Å²) in [5.41, 5.74) is 0. The lowest BCUT2D eigenvalue weighted by Gasteiger charge is -2.08. The van der Waals surface area contributed by atoms with Crippen LogP contribution in [0.2, 0.25) is 0 Å². The third-order valence-corrected chi connectivity index (χ3v) is 5.44. The summed E-state index contributed by atoms with van der Waals surface area (Å²) >= 11 is 3.02. The van der Waals surface area contributed by atoms with Crippen molar-refractivity contribution >= 4 is 28.2 Å². The molecule has 126 valence electrons. The maximum Gasteiger partial charge on any atom is 0.238 e. The lowest BCUT2D eigenvalue weighted by atomic mass is 10.2. The topological polar surface area (TPSA) is 99.1 Å². The first-order valence-corrected chi connectivity index (χ1v) is 9.35. The third kappa shape index (κ3) is 3.77. The van der Waals surface area contributed by atoms with Gasteiger partial charge in [0.2, 0.25) is 16.8 Å². The molecule has 0 spiro atoms. The van der Waals surface area contributed by atoms with Crippen LogP contribution in [0, 0.1) is 0 Å². The van der Waals surface area contributed by atoms with Crippen LogP contribution in [0.15, 0.2) is 31.7 Å². The van der Waals surface area contributed by atoms with Gasteiger partial charge in [-0.3, -0.25) is 0 Å². The molecule has 0 saturated carbocycles. The number of nitrogens with one attached hydrogen (secondary N) is 1. The van der Waals surface area contributed by atoms with Gasteiger partial charge in [0.1, 0.15) is 0 Å². The Morgan fingerprint density at radius 3 is 3.21 bits per heavy atom. The number of hydrogen-bond acceptors (Lipinski definition) is 10. The highest BCUT2D eigenvalue weighted by Gasteiger charge is 2.16. The van der Waals surface area contributed by atoms with Crippen LogP contribution in [0.1, 0.15) is 18.7 Å². The molecule has 4 rings (SSSR count). The molecule has 10 heteroatoms. The van der Waals surface area contributed by atoms with E-state index in [1.54, 1.807) is 18.4 Å². The number of ether oxygens (including phenoxy) is 1. The van der Waals surface area contributed by atoms with E-state index in [1.165, 1.54) is 23.1 Å². The van der Waals surface area contributed by atoms with E-state index in [2.05, 4.69) is 25.7 Å². The van der Waals surface area contributed by atoms with Crippen molar-refractivity contribution in [1.29, 1.82) is 0 Å². The highest BCUT2D eigenvalue weighted by atomic mass is 32.2. The van der Waals surface area contributed by atoms with Gasteiger partial charge in [0.05, 0.1) is 18.1 Å². The number of nitrogens with zero attached hydrogens (tertiary/aromatic N) is 4. The monoisotopic (exact) mass is 365 g/mol. The standard InChI is InChI=1S/C14H15N5O3S2/c1-3-9(20-5-1)7-15-13-17-18-14(24-13)23-8-11-16-12(19-22-11)10-4-2-6-21-10/h2,4,6,9H,1,3,5,7-8H2,(H,15,17). The van der Waals surface area contributed by atoms with Gasteiger partial charge in [0.25, 0.3) is 0 Å². The lowest BCUT2D eigenvalue weighted by Crippen LogP contribution is -2.18. The van der Waals surface area contributed by atoms with Crippen molar-refractivity contribution in [3.05, 3.63) is 24.3 Å². The van der Waals surface area contributed by atoms with Gasteiger partial charge < -0.3 is 19.0 Å². The summed E-state index contributed by atoms with van der Waals surface area (Å²) in [6.07, 6.45) is 4.09. The van der Waals surface area contributed by atoms with Gasteiger partial charge in [-0.25, -0.2) is 0 Å². The van der Waals surface area contributed by atoms with Crippen molar-refractivity contribution in [1.82, 2.24) is 20.3 Å². The van der Waals surface area contributed by atoms with E-state index in [1.807, 2.05) is 0 Å². The Kier molecular flexibility index (Phi) is 4.76. The third-order valence-electron chi connectivity index (χ3n) is 3.44. The van der Waals surface area contributed by atoms with Crippen molar-refractivity contribution in [2.75, 3.05) is 18.5 Å². The van der Waals surface area contributed by atoms with Crippen LogP contribution >= 0.6 is 23.1 Å². The second-order valence-corrected chi connectivity index (χ2v) is 7.37. The molecule has 1 aliphatic heterocycles. The fourth-order valence-corrected chi connectivity index (χ4v) is 3.89. The zero-order valence-corrected chi connectivity index (χ0v) is 14.3.